The number of pyridine rings is 1. The van der Waals surface area contributed by atoms with E-state index in [0.717, 1.165) is 61.9 Å². The highest BCUT2D eigenvalue weighted by Gasteiger charge is 2.24. The number of carbonyl (C=O) groups excluding carboxylic acids is 2. The molecule has 3 aromatic rings. The van der Waals surface area contributed by atoms with E-state index in [9.17, 15) is 9.59 Å². The molecule has 3 aliphatic rings. The Morgan fingerprint density at radius 3 is 2.43 bits per heavy atom. The molecule has 1 aliphatic carbocycles. The Kier molecular flexibility index (Phi) is 12.1. The Hall–Kier alpha value is -3.79. The van der Waals surface area contributed by atoms with Gasteiger partial charge in [-0.05, 0) is 66.7 Å². The molecule has 6 rings (SSSR count). The second kappa shape index (κ2) is 16.7. The predicted molar refractivity (Wildman–Crippen MR) is 205 cm³/mol. The number of carbonyl (C=O) groups is 2. The topological polar surface area (TPSA) is 110 Å². The number of aliphatic imine (C=N–C) groups is 1. The smallest absolute Gasteiger partial charge is 0.252 e. The second-order valence-electron chi connectivity index (χ2n) is 15.4. The number of hydrogen-bond donors (Lipinski definition) is 1. The van der Waals surface area contributed by atoms with Crippen LogP contribution in [0.4, 0.5) is 0 Å². The number of fused-ring (bicyclic) bond motifs is 1. The van der Waals surface area contributed by atoms with Crippen molar-refractivity contribution in [2.45, 2.75) is 72.1 Å². The summed E-state index contributed by atoms with van der Waals surface area (Å²) in [5.41, 5.74) is 9.47. The van der Waals surface area contributed by atoms with Crippen LogP contribution in [0.3, 0.4) is 0 Å². The molecule has 2 aliphatic heterocycles. The minimum Gasteiger partial charge on any atom is -0.493 e. The van der Waals surface area contributed by atoms with Crippen LogP contribution >= 0.6 is 11.6 Å². The molecule has 0 atom stereocenters. The first-order valence-electron chi connectivity index (χ1n) is 18.5. The molecule has 51 heavy (non-hydrogen) atoms. The first-order chi connectivity index (χ1) is 24.5. The third-order valence-electron chi connectivity index (χ3n) is 10.3. The molecule has 0 spiro atoms. The molecular formula is C41H52ClN5O4. The monoisotopic (exact) mass is 713 g/mol. The van der Waals surface area contributed by atoms with Crippen LogP contribution in [0.15, 0.2) is 59.2 Å². The van der Waals surface area contributed by atoms with E-state index in [1.165, 1.54) is 38.6 Å². The summed E-state index contributed by atoms with van der Waals surface area (Å²) in [4.78, 5) is 39.7. The van der Waals surface area contributed by atoms with Crippen molar-refractivity contribution in [3.8, 4) is 17.2 Å². The van der Waals surface area contributed by atoms with E-state index in [-0.39, 0.29) is 23.2 Å². The number of piperazine rings is 1. The van der Waals surface area contributed by atoms with Crippen molar-refractivity contribution in [3.05, 3.63) is 70.4 Å². The number of ether oxygens (including phenoxy) is 2. The molecular weight excluding hydrogens is 662 g/mol. The van der Waals surface area contributed by atoms with Gasteiger partial charge >= 0.3 is 0 Å². The number of allylic oxidation sites excluding steroid dienone is 1. The summed E-state index contributed by atoms with van der Waals surface area (Å²) in [6.07, 6.45) is 12.1. The maximum Gasteiger partial charge on any atom is 0.252 e. The van der Waals surface area contributed by atoms with E-state index in [4.69, 9.17) is 26.8 Å². The fourth-order valence-electron chi connectivity index (χ4n) is 7.37. The summed E-state index contributed by atoms with van der Waals surface area (Å²) in [6.45, 7) is 14.0. The van der Waals surface area contributed by atoms with Gasteiger partial charge in [0, 0.05) is 85.9 Å². The molecule has 2 aromatic carbocycles. The average molecular weight is 714 g/mol. The molecule has 9 nitrogen and oxygen atoms in total. The molecule has 272 valence electrons. The summed E-state index contributed by atoms with van der Waals surface area (Å²) in [7, 11) is 0. The van der Waals surface area contributed by atoms with Gasteiger partial charge in [0.2, 0.25) is 0 Å². The van der Waals surface area contributed by atoms with Crippen molar-refractivity contribution in [2.24, 2.45) is 22.1 Å². The van der Waals surface area contributed by atoms with E-state index in [0.29, 0.717) is 52.7 Å². The van der Waals surface area contributed by atoms with E-state index >= 15 is 0 Å². The van der Waals surface area contributed by atoms with Crippen LogP contribution in [0.5, 0.6) is 17.2 Å². The van der Waals surface area contributed by atoms with Crippen molar-refractivity contribution >= 4 is 39.9 Å². The van der Waals surface area contributed by atoms with Gasteiger partial charge in [0.05, 0.1) is 24.2 Å². The molecule has 10 heteroatoms. The van der Waals surface area contributed by atoms with Crippen LogP contribution in [-0.4, -0.2) is 84.6 Å². The molecule has 0 unspecified atom stereocenters. The number of nitrogens with zero attached hydrogens (tertiary/aromatic N) is 4. The van der Waals surface area contributed by atoms with Crippen molar-refractivity contribution in [3.63, 3.8) is 0 Å². The molecule has 1 aromatic heterocycles. The third-order valence-corrected chi connectivity index (χ3v) is 10.6. The highest BCUT2D eigenvalue weighted by molar-refractivity contribution is 6.31. The fraction of sp³-hybridized carbons (Fsp3) is 0.512. The number of Topliss-reactive ketones (excluding diaryl/α,β-unsaturated/α-hetero) is 1. The summed E-state index contributed by atoms with van der Waals surface area (Å²) in [6, 6.07) is 10.5. The first-order valence-corrected chi connectivity index (χ1v) is 18.9. The number of primary amides is 1. The Balaban J connectivity index is 1.03. The molecule has 3 heterocycles. The lowest BCUT2D eigenvalue weighted by molar-refractivity contribution is -0.117. The largest absolute Gasteiger partial charge is 0.493 e. The molecule has 2 fully saturated rings. The van der Waals surface area contributed by atoms with Gasteiger partial charge in [-0.15, -0.1) is 0 Å². The summed E-state index contributed by atoms with van der Waals surface area (Å²) < 4.78 is 12.4. The Morgan fingerprint density at radius 2 is 1.73 bits per heavy atom. The zero-order chi connectivity index (χ0) is 36.0. The number of benzene rings is 2. The maximum absolute atomic E-state index is 12.9. The van der Waals surface area contributed by atoms with Crippen LogP contribution < -0.4 is 15.2 Å². The molecule has 2 N–H and O–H groups in total. The van der Waals surface area contributed by atoms with Crippen LogP contribution in [0.2, 0.25) is 5.02 Å². The maximum atomic E-state index is 12.9. The van der Waals surface area contributed by atoms with E-state index in [1.807, 2.05) is 6.07 Å². The average Bonchev–Trinajstić information content (AvgIpc) is 3.58. The summed E-state index contributed by atoms with van der Waals surface area (Å²) >= 11 is 6.63. The quantitative estimate of drug-likeness (QED) is 0.171. The highest BCUT2D eigenvalue weighted by Crippen LogP contribution is 2.35. The summed E-state index contributed by atoms with van der Waals surface area (Å²) in [5.74, 6) is 1.81. The normalized spacial score (nSPS) is 17.7. The van der Waals surface area contributed by atoms with Gasteiger partial charge in [-0.2, -0.15) is 0 Å². The number of rotatable bonds is 14. The summed E-state index contributed by atoms with van der Waals surface area (Å²) in [5, 5.41) is 1.07. The van der Waals surface area contributed by atoms with Crippen LogP contribution in [0, 0.1) is 11.3 Å². The number of nitrogens with two attached hydrogens (primary N) is 1. The van der Waals surface area contributed by atoms with Crippen molar-refractivity contribution in [1.29, 1.82) is 0 Å². The lowest BCUT2D eigenvalue weighted by atomic mass is 9.89. The number of amides is 1. The van der Waals surface area contributed by atoms with Crippen LogP contribution in [0.25, 0.3) is 10.9 Å². The second-order valence-corrected chi connectivity index (χ2v) is 15.8. The van der Waals surface area contributed by atoms with Gasteiger partial charge in [0.25, 0.3) is 5.91 Å². The molecule has 0 bridgehead atoms. The predicted octanol–water partition coefficient (Wildman–Crippen LogP) is 7.68. The SMILES string of the molecule is CC(C)(C)C1=NCC(CC(=O)Cc2ccc(Oc3ccnc4cc(OCCCN5CCN(CC6CCCCC6)CC5)c(C(N)=O)cc34)cc2Cl)=C1. The third kappa shape index (κ3) is 9.96. The Labute approximate surface area is 307 Å². The molecule has 1 saturated carbocycles. The Bertz CT molecular complexity index is 1780. The van der Waals surface area contributed by atoms with Crippen LogP contribution in [-0.2, 0) is 11.2 Å². The lowest BCUT2D eigenvalue weighted by Crippen LogP contribution is -2.48. The number of halogens is 1. The van der Waals surface area contributed by atoms with E-state index < -0.39 is 5.91 Å². The fourth-order valence-corrected chi connectivity index (χ4v) is 7.61. The number of hydrogen-bond acceptors (Lipinski definition) is 8. The molecule has 1 saturated heterocycles. The van der Waals surface area contributed by atoms with Crippen LogP contribution in [0.1, 0.15) is 81.6 Å². The Morgan fingerprint density at radius 1 is 0.961 bits per heavy atom. The zero-order valence-corrected chi connectivity index (χ0v) is 31.1. The minimum absolute atomic E-state index is 0.0366. The van der Waals surface area contributed by atoms with E-state index in [1.54, 1.807) is 36.5 Å². The van der Waals surface area contributed by atoms with Gasteiger partial charge in [0.15, 0.2) is 0 Å². The minimum atomic E-state index is -0.581. The van der Waals surface area contributed by atoms with E-state index in [2.05, 4.69) is 46.6 Å². The number of aromatic nitrogens is 1. The standard InChI is InChI=1S/C41H52ClN5O4/c1-41(2,3)39-21-29(26-45-39)20-31(48)22-30-10-11-32(23-35(30)42)51-37-12-13-44-36-25-38(34(40(43)49)24-33(36)37)50-19-7-14-46-15-17-47(18-16-46)27-28-8-5-4-6-9-28/h10-13,21,23-25,28H,4-9,14-20,22,26-27H2,1-3H3,(H2,43,49). The zero-order valence-electron chi connectivity index (χ0n) is 30.4. The van der Waals surface area contributed by atoms with Gasteiger partial charge < -0.3 is 25.0 Å². The first kappa shape index (κ1) is 37.0. The van der Waals surface area contributed by atoms with Gasteiger partial charge in [-0.1, -0.05) is 57.7 Å². The lowest BCUT2D eigenvalue weighted by Gasteiger charge is -2.37. The molecule has 0 radical (unpaired) electrons. The van der Waals surface area contributed by atoms with Gasteiger partial charge in [0.1, 0.15) is 23.0 Å². The number of ketones is 1. The molecule has 1 amide bonds. The highest BCUT2D eigenvalue weighted by atomic mass is 35.5. The van der Waals surface area contributed by atoms with Crippen molar-refractivity contribution < 1.29 is 19.1 Å². The van der Waals surface area contributed by atoms with Gasteiger partial charge in [-0.3, -0.25) is 19.6 Å². The van der Waals surface area contributed by atoms with Crippen molar-refractivity contribution in [1.82, 2.24) is 14.8 Å². The van der Waals surface area contributed by atoms with Crippen molar-refractivity contribution in [2.75, 3.05) is 52.4 Å². The van der Waals surface area contributed by atoms with Gasteiger partial charge in [-0.25, -0.2) is 0 Å².